The summed E-state index contributed by atoms with van der Waals surface area (Å²) in [6.45, 7) is 0.0949. The lowest BCUT2D eigenvalue weighted by atomic mass is 10.0. The van der Waals surface area contributed by atoms with Gasteiger partial charge in [0, 0.05) is 5.69 Å². The lowest BCUT2D eigenvalue weighted by molar-refractivity contribution is -0.274. The fourth-order valence-corrected chi connectivity index (χ4v) is 2.88. The van der Waals surface area contributed by atoms with Crippen LogP contribution in [-0.2, 0) is 6.54 Å². The van der Waals surface area contributed by atoms with E-state index in [1.165, 1.54) is 36.4 Å². The quantitative estimate of drug-likeness (QED) is 0.275. The number of benzene rings is 3. The van der Waals surface area contributed by atoms with Gasteiger partial charge >= 0.3 is 6.36 Å². The Labute approximate surface area is 176 Å². The van der Waals surface area contributed by atoms with Crippen LogP contribution in [0.1, 0.15) is 21.5 Å². The highest BCUT2D eigenvalue weighted by Gasteiger charge is 2.31. The summed E-state index contributed by atoms with van der Waals surface area (Å²) in [7, 11) is 0. The van der Waals surface area contributed by atoms with E-state index in [1.54, 1.807) is 30.3 Å². The number of alkyl halides is 3. The van der Waals surface area contributed by atoms with Crippen molar-refractivity contribution in [3.8, 4) is 22.9 Å². The van der Waals surface area contributed by atoms with E-state index in [0.717, 1.165) is 10.6 Å². The smallest absolute Gasteiger partial charge is 0.406 e. The maximum Gasteiger partial charge on any atom is 0.573 e. The van der Waals surface area contributed by atoms with Gasteiger partial charge < -0.3 is 10.5 Å². The zero-order chi connectivity index (χ0) is 22.6. The fourth-order valence-electron chi connectivity index (χ4n) is 2.88. The minimum Gasteiger partial charge on any atom is -0.406 e. The Morgan fingerprint density at radius 3 is 2.19 bits per heavy atom. The number of rotatable bonds is 5. The minimum atomic E-state index is -4.78. The van der Waals surface area contributed by atoms with Crippen LogP contribution in [0.2, 0.25) is 0 Å². The average Bonchev–Trinajstić information content (AvgIpc) is 2.73. The second-order valence-corrected chi connectivity index (χ2v) is 6.62. The van der Waals surface area contributed by atoms with Crippen molar-refractivity contribution in [3.05, 3.63) is 83.4 Å². The Kier molecular flexibility index (Phi) is 6.13. The van der Waals surface area contributed by atoms with Gasteiger partial charge in [0.1, 0.15) is 5.75 Å². The number of ether oxygens (including phenoxy) is 1. The van der Waals surface area contributed by atoms with Crippen LogP contribution < -0.4 is 16.3 Å². The molecule has 0 bridgehead atoms. The summed E-state index contributed by atoms with van der Waals surface area (Å²) in [5.74, 6) is 5.05. The molecule has 0 aromatic heterocycles. The molecule has 6 nitrogen and oxygen atoms in total. The molecule has 4 N–H and O–H groups in total. The molecule has 1 amide bonds. The first kappa shape index (κ1) is 21.7. The van der Waals surface area contributed by atoms with Crippen LogP contribution >= 0.6 is 0 Å². The SMILES string of the molecule is N#Cc1ccc(CN(N)C(=O)c2cc(-c3ccc(OC(F)(F)F)cc3)ccc2N)cc1. The van der Waals surface area contributed by atoms with Gasteiger partial charge in [0.05, 0.1) is 23.7 Å². The van der Waals surface area contributed by atoms with Gasteiger partial charge in [-0.2, -0.15) is 5.26 Å². The van der Waals surface area contributed by atoms with Crippen molar-refractivity contribution < 1.29 is 22.7 Å². The Bertz CT molecular complexity index is 1120. The largest absolute Gasteiger partial charge is 0.573 e. The van der Waals surface area contributed by atoms with Crippen molar-refractivity contribution in [1.29, 1.82) is 5.26 Å². The van der Waals surface area contributed by atoms with E-state index in [-0.39, 0.29) is 23.5 Å². The molecular formula is C22H17F3N4O2. The number of amides is 1. The minimum absolute atomic E-state index is 0.0949. The Morgan fingerprint density at radius 1 is 1.00 bits per heavy atom. The number of hydrogen-bond acceptors (Lipinski definition) is 5. The zero-order valence-electron chi connectivity index (χ0n) is 16.1. The first-order chi connectivity index (χ1) is 14.7. The Hall–Kier alpha value is -4.03. The van der Waals surface area contributed by atoms with Crippen molar-refractivity contribution >= 4 is 11.6 Å². The lowest BCUT2D eigenvalue weighted by Gasteiger charge is -2.18. The highest BCUT2D eigenvalue weighted by Crippen LogP contribution is 2.28. The third kappa shape index (κ3) is 5.52. The second-order valence-electron chi connectivity index (χ2n) is 6.62. The summed E-state index contributed by atoms with van der Waals surface area (Å²) in [4.78, 5) is 12.8. The molecule has 9 heteroatoms. The van der Waals surface area contributed by atoms with Crippen molar-refractivity contribution in [3.63, 3.8) is 0 Å². The summed E-state index contributed by atoms with van der Waals surface area (Å²) < 4.78 is 40.8. The summed E-state index contributed by atoms with van der Waals surface area (Å²) in [6, 6.07) is 18.6. The zero-order valence-corrected chi connectivity index (χ0v) is 16.1. The van der Waals surface area contributed by atoms with Gasteiger partial charge in [-0.3, -0.25) is 9.80 Å². The predicted octanol–water partition coefficient (Wildman–Crippen LogP) is 4.22. The number of anilines is 1. The molecule has 0 radical (unpaired) electrons. The molecule has 0 aliphatic heterocycles. The van der Waals surface area contributed by atoms with Crippen molar-refractivity contribution in [1.82, 2.24) is 5.01 Å². The van der Waals surface area contributed by atoms with E-state index >= 15 is 0 Å². The standard InChI is InChI=1S/C22H17F3N4O2/c23-22(24,25)31-18-8-5-16(6-9-18)17-7-10-20(27)19(11-17)21(30)29(28)13-15-3-1-14(12-26)2-4-15/h1-11H,13,27-28H2. The molecule has 3 aromatic rings. The summed E-state index contributed by atoms with van der Waals surface area (Å²) in [6.07, 6.45) is -4.78. The summed E-state index contributed by atoms with van der Waals surface area (Å²) in [5, 5.41) is 9.85. The molecule has 0 atom stereocenters. The molecule has 0 fully saturated rings. The monoisotopic (exact) mass is 426 g/mol. The van der Waals surface area contributed by atoms with E-state index in [0.29, 0.717) is 16.7 Å². The van der Waals surface area contributed by atoms with Crippen LogP contribution in [-0.4, -0.2) is 17.3 Å². The van der Waals surface area contributed by atoms with Crippen LogP contribution in [0.5, 0.6) is 5.75 Å². The Balaban J connectivity index is 1.79. The van der Waals surface area contributed by atoms with Crippen LogP contribution in [0.3, 0.4) is 0 Å². The van der Waals surface area contributed by atoms with Gasteiger partial charge in [-0.25, -0.2) is 5.84 Å². The highest BCUT2D eigenvalue weighted by atomic mass is 19.4. The van der Waals surface area contributed by atoms with Gasteiger partial charge in [-0.05, 0) is 53.1 Å². The first-order valence-electron chi connectivity index (χ1n) is 8.97. The molecule has 0 aliphatic rings. The first-order valence-corrected chi connectivity index (χ1v) is 8.97. The molecule has 158 valence electrons. The number of halogens is 3. The van der Waals surface area contributed by atoms with Gasteiger partial charge in [0.15, 0.2) is 0 Å². The summed E-state index contributed by atoms with van der Waals surface area (Å²) in [5.41, 5.74) is 8.67. The van der Waals surface area contributed by atoms with Crippen molar-refractivity contribution in [2.75, 3.05) is 5.73 Å². The van der Waals surface area contributed by atoms with Crippen LogP contribution in [0.25, 0.3) is 11.1 Å². The van der Waals surface area contributed by atoms with Crippen molar-refractivity contribution in [2.24, 2.45) is 5.84 Å². The van der Waals surface area contributed by atoms with Crippen LogP contribution in [0, 0.1) is 11.3 Å². The van der Waals surface area contributed by atoms with Crippen LogP contribution in [0.15, 0.2) is 66.7 Å². The number of hydrazine groups is 1. The van der Waals surface area contributed by atoms with E-state index in [9.17, 15) is 18.0 Å². The van der Waals surface area contributed by atoms with E-state index in [1.807, 2.05) is 6.07 Å². The number of nitriles is 1. The van der Waals surface area contributed by atoms with E-state index in [2.05, 4.69) is 4.74 Å². The Morgan fingerprint density at radius 2 is 1.61 bits per heavy atom. The predicted molar refractivity (Wildman–Crippen MR) is 108 cm³/mol. The molecule has 0 unspecified atom stereocenters. The molecule has 0 aliphatic carbocycles. The maximum absolute atomic E-state index is 12.8. The molecule has 31 heavy (non-hydrogen) atoms. The van der Waals surface area contributed by atoms with E-state index in [4.69, 9.17) is 16.8 Å². The second kappa shape index (κ2) is 8.77. The fraction of sp³-hybridized carbons (Fsp3) is 0.0909. The average molecular weight is 426 g/mol. The third-order valence-electron chi connectivity index (χ3n) is 4.40. The molecule has 0 spiro atoms. The number of nitrogens with two attached hydrogens (primary N) is 2. The molecule has 3 aromatic carbocycles. The highest BCUT2D eigenvalue weighted by molar-refractivity contribution is 6.00. The number of nitrogen functional groups attached to an aromatic ring is 1. The van der Waals surface area contributed by atoms with Crippen LogP contribution in [0.4, 0.5) is 18.9 Å². The number of carbonyl (C=O) groups is 1. The van der Waals surface area contributed by atoms with Gasteiger partial charge in [-0.1, -0.05) is 30.3 Å². The lowest BCUT2D eigenvalue weighted by Crippen LogP contribution is -2.37. The van der Waals surface area contributed by atoms with Gasteiger partial charge in [0.2, 0.25) is 0 Å². The van der Waals surface area contributed by atoms with E-state index < -0.39 is 12.3 Å². The number of carbonyl (C=O) groups excluding carboxylic acids is 1. The molecule has 0 saturated heterocycles. The third-order valence-corrected chi connectivity index (χ3v) is 4.40. The molecule has 3 rings (SSSR count). The normalized spacial score (nSPS) is 10.9. The summed E-state index contributed by atoms with van der Waals surface area (Å²) >= 11 is 0. The number of hydrogen-bond donors (Lipinski definition) is 2. The maximum atomic E-state index is 12.8. The number of nitrogens with zero attached hydrogens (tertiary/aromatic N) is 2. The van der Waals surface area contributed by atoms with Gasteiger partial charge in [-0.15, -0.1) is 13.2 Å². The van der Waals surface area contributed by atoms with Crippen molar-refractivity contribution in [2.45, 2.75) is 12.9 Å². The molecule has 0 saturated carbocycles. The topological polar surface area (TPSA) is 105 Å². The van der Waals surface area contributed by atoms with Gasteiger partial charge in [0.25, 0.3) is 5.91 Å². The molecule has 0 heterocycles. The molecular weight excluding hydrogens is 409 g/mol.